The third-order valence-electron chi connectivity index (χ3n) is 1.90. The van der Waals surface area contributed by atoms with Gasteiger partial charge in [-0.25, -0.2) is 4.68 Å². The van der Waals surface area contributed by atoms with Gasteiger partial charge in [-0.15, -0.1) is 12.3 Å². The van der Waals surface area contributed by atoms with Crippen molar-refractivity contribution in [2.24, 2.45) is 7.05 Å². The van der Waals surface area contributed by atoms with E-state index in [0.29, 0.717) is 16.6 Å². The number of terminal acetylenes is 1. The predicted octanol–water partition coefficient (Wildman–Crippen LogP) is 1.37. The molecule has 1 aromatic heterocycles. The summed E-state index contributed by atoms with van der Waals surface area (Å²) in [7, 11) is 1.60. The summed E-state index contributed by atoms with van der Waals surface area (Å²) < 4.78 is 1.74. The summed E-state index contributed by atoms with van der Waals surface area (Å²) in [6.45, 7) is 1.95. The molecular formula is C10H12BrN3O. The molecule has 1 unspecified atom stereocenters. The summed E-state index contributed by atoms with van der Waals surface area (Å²) in [5.41, 5.74) is 0.494. The molecule has 1 heterocycles. The van der Waals surface area contributed by atoms with Crippen LogP contribution in [-0.4, -0.2) is 15.8 Å². The van der Waals surface area contributed by atoms with Crippen molar-refractivity contribution in [3.63, 3.8) is 0 Å². The van der Waals surface area contributed by atoms with Crippen molar-refractivity contribution < 1.29 is 0 Å². The highest BCUT2D eigenvalue weighted by molar-refractivity contribution is 9.10. The van der Waals surface area contributed by atoms with E-state index >= 15 is 0 Å². The van der Waals surface area contributed by atoms with Crippen LogP contribution < -0.4 is 10.9 Å². The third kappa shape index (κ3) is 2.83. The molecule has 80 valence electrons. The van der Waals surface area contributed by atoms with Crippen molar-refractivity contribution in [3.8, 4) is 12.3 Å². The normalized spacial score (nSPS) is 11.9. The van der Waals surface area contributed by atoms with E-state index in [-0.39, 0.29) is 11.6 Å². The van der Waals surface area contributed by atoms with Crippen LogP contribution in [0.25, 0.3) is 0 Å². The topological polar surface area (TPSA) is 46.9 Å². The quantitative estimate of drug-likeness (QED) is 0.844. The van der Waals surface area contributed by atoms with Gasteiger partial charge in [-0.2, -0.15) is 5.10 Å². The second kappa shape index (κ2) is 4.99. The zero-order valence-corrected chi connectivity index (χ0v) is 10.2. The van der Waals surface area contributed by atoms with E-state index in [1.54, 1.807) is 13.2 Å². The number of anilines is 1. The fourth-order valence-electron chi connectivity index (χ4n) is 1.10. The summed E-state index contributed by atoms with van der Waals surface area (Å²) in [6, 6.07) is 0.111. The van der Waals surface area contributed by atoms with E-state index in [4.69, 9.17) is 6.42 Å². The molecule has 1 rings (SSSR count). The number of halogens is 1. The molecule has 0 aliphatic carbocycles. The lowest BCUT2D eigenvalue weighted by atomic mass is 10.2. The van der Waals surface area contributed by atoms with Crippen LogP contribution in [0.5, 0.6) is 0 Å². The maximum atomic E-state index is 11.5. The third-order valence-corrected chi connectivity index (χ3v) is 2.67. The maximum Gasteiger partial charge on any atom is 0.282 e. The summed E-state index contributed by atoms with van der Waals surface area (Å²) in [5.74, 6) is 2.55. The second-order valence-electron chi connectivity index (χ2n) is 3.25. The Kier molecular flexibility index (Phi) is 3.92. The van der Waals surface area contributed by atoms with Gasteiger partial charge < -0.3 is 5.32 Å². The van der Waals surface area contributed by atoms with E-state index in [1.165, 1.54) is 4.68 Å². The highest BCUT2D eigenvalue weighted by Gasteiger charge is 2.08. The van der Waals surface area contributed by atoms with Crippen molar-refractivity contribution in [3.05, 3.63) is 21.0 Å². The number of aromatic nitrogens is 2. The Morgan fingerprint density at radius 1 is 1.80 bits per heavy atom. The first kappa shape index (κ1) is 11.8. The summed E-state index contributed by atoms with van der Waals surface area (Å²) in [4.78, 5) is 11.5. The molecule has 0 aromatic carbocycles. The van der Waals surface area contributed by atoms with E-state index in [9.17, 15) is 4.79 Å². The number of aryl methyl sites for hydroxylation is 1. The Bertz CT molecular complexity index is 447. The van der Waals surface area contributed by atoms with E-state index in [1.807, 2.05) is 6.92 Å². The van der Waals surface area contributed by atoms with E-state index < -0.39 is 0 Å². The van der Waals surface area contributed by atoms with Crippen molar-refractivity contribution >= 4 is 21.6 Å². The Hall–Kier alpha value is -1.28. The highest BCUT2D eigenvalue weighted by atomic mass is 79.9. The Balaban J connectivity index is 2.93. The van der Waals surface area contributed by atoms with Crippen LogP contribution in [0.15, 0.2) is 15.5 Å². The fourth-order valence-corrected chi connectivity index (χ4v) is 1.58. The van der Waals surface area contributed by atoms with Crippen molar-refractivity contribution in [2.75, 3.05) is 5.32 Å². The Morgan fingerprint density at radius 3 is 3.07 bits per heavy atom. The van der Waals surface area contributed by atoms with Gasteiger partial charge in [-0.05, 0) is 22.9 Å². The first-order valence-electron chi connectivity index (χ1n) is 4.48. The number of nitrogens with one attached hydrogen (secondary N) is 1. The minimum atomic E-state index is -0.173. The van der Waals surface area contributed by atoms with Gasteiger partial charge in [0.15, 0.2) is 0 Å². The van der Waals surface area contributed by atoms with Crippen LogP contribution in [0.4, 0.5) is 5.69 Å². The minimum absolute atomic E-state index is 0.111. The summed E-state index contributed by atoms with van der Waals surface area (Å²) >= 11 is 3.22. The number of hydrogen-bond acceptors (Lipinski definition) is 3. The lowest BCUT2D eigenvalue weighted by Crippen LogP contribution is -2.23. The average molecular weight is 270 g/mol. The first-order chi connectivity index (χ1) is 7.06. The zero-order chi connectivity index (χ0) is 11.4. The Labute approximate surface area is 96.8 Å². The summed E-state index contributed by atoms with van der Waals surface area (Å²) in [6.07, 6.45) is 7.39. The molecule has 0 saturated heterocycles. The number of hydrogen-bond donors (Lipinski definition) is 1. The largest absolute Gasteiger partial charge is 0.379 e. The molecule has 4 nitrogen and oxygen atoms in total. The molecule has 0 aliphatic heterocycles. The van der Waals surface area contributed by atoms with Crippen LogP contribution in [0.3, 0.4) is 0 Å². The Morgan fingerprint density at radius 2 is 2.47 bits per heavy atom. The van der Waals surface area contributed by atoms with Gasteiger partial charge in [0.2, 0.25) is 0 Å². The lowest BCUT2D eigenvalue weighted by Gasteiger charge is -2.13. The van der Waals surface area contributed by atoms with Crippen LogP contribution in [0.2, 0.25) is 0 Å². The molecule has 0 spiro atoms. The average Bonchev–Trinajstić information content (AvgIpc) is 2.20. The van der Waals surface area contributed by atoms with Crippen molar-refractivity contribution in [2.45, 2.75) is 19.4 Å². The van der Waals surface area contributed by atoms with Gasteiger partial charge in [-0.1, -0.05) is 0 Å². The molecule has 0 saturated carbocycles. The molecular weight excluding hydrogens is 258 g/mol. The number of nitrogens with zero attached hydrogens (tertiary/aromatic N) is 2. The molecule has 1 atom stereocenters. The highest BCUT2D eigenvalue weighted by Crippen LogP contribution is 2.17. The van der Waals surface area contributed by atoms with Crippen molar-refractivity contribution in [1.82, 2.24) is 9.78 Å². The maximum absolute atomic E-state index is 11.5. The van der Waals surface area contributed by atoms with Crippen molar-refractivity contribution in [1.29, 1.82) is 0 Å². The minimum Gasteiger partial charge on any atom is -0.379 e. The zero-order valence-electron chi connectivity index (χ0n) is 8.62. The molecule has 0 radical (unpaired) electrons. The monoisotopic (exact) mass is 269 g/mol. The van der Waals surface area contributed by atoms with Crippen LogP contribution in [0.1, 0.15) is 13.3 Å². The standard InChI is InChI=1S/C10H12BrN3O/c1-4-5-7(2)13-8-6-12-14(3)10(15)9(8)11/h1,6-7,13H,5H2,2-3H3. The first-order valence-corrected chi connectivity index (χ1v) is 5.27. The van der Waals surface area contributed by atoms with Gasteiger partial charge in [-0.3, -0.25) is 4.79 Å². The van der Waals surface area contributed by atoms with Gasteiger partial charge in [0, 0.05) is 19.5 Å². The predicted molar refractivity (Wildman–Crippen MR) is 63.7 cm³/mol. The van der Waals surface area contributed by atoms with Gasteiger partial charge >= 0.3 is 0 Å². The molecule has 5 heteroatoms. The smallest absolute Gasteiger partial charge is 0.282 e. The van der Waals surface area contributed by atoms with Crippen LogP contribution in [-0.2, 0) is 7.05 Å². The molecule has 1 N–H and O–H groups in total. The second-order valence-corrected chi connectivity index (χ2v) is 4.05. The SMILES string of the molecule is C#CCC(C)Nc1cnn(C)c(=O)c1Br. The van der Waals surface area contributed by atoms with Crippen LogP contribution >= 0.6 is 15.9 Å². The molecule has 0 amide bonds. The molecule has 1 aromatic rings. The fraction of sp³-hybridized carbons (Fsp3) is 0.400. The number of rotatable bonds is 3. The van der Waals surface area contributed by atoms with E-state index in [0.717, 1.165) is 0 Å². The molecule has 0 aliphatic rings. The van der Waals surface area contributed by atoms with Gasteiger partial charge in [0.1, 0.15) is 4.47 Å². The molecule has 0 fully saturated rings. The lowest BCUT2D eigenvalue weighted by molar-refractivity contribution is 0.700. The van der Waals surface area contributed by atoms with Crippen LogP contribution in [0, 0.1) is 12.3 Å². The molecule has 0 bridgehead atoms. The van der Waals surface area contributed by atoms with Gasteiger partial charge in [0.05, 0.1) is 11.9 Å². The van der Waals surface area contributed by atoms with Gasteiger partial charge in [0.25, 0.3) is 5.56 Å². The van der Waals surface area contributed by atoms with E-state index in [2.05, 4.69) is 32.3 Å². The molecule has 15 heavy (non-hydrogen) atoms. The summed E-state index contributed by atoms with van der Waals surface area (Å²) in [5, 5.41) is 7.03.